The van der Waals surface area contributed by atoms with Crippen molar-refractivity contribution in [3.8, 4) is 0 Å². The molecule has 1 amide bonds. The number of hydrazone groups is 1. The zero-order valence-electron chi connectivity index (χ0n) is 15.9. The Hall–Kier alpha value is -2.96. The number of nitrogens with one attached hydrogen (secondary N) is 4. The van der Waals surface area contributed by atoms with Crippen molar-refractivity contribution in [2.45, 2.75) is 6.54 Å². The van der Waals surface area contributed by atoms with E-state index in [1.807, 2.05) is 30.5 Å². The van der Waals surface area contributed by atoms with Crippen molar-refractivity contribution in [2.24, 2.45) is 5.10 Å². The Morgan fingerprint density at radius 1 is 1.00 bits per heavy atom. The summed E-state index contributed by atoms with van der Waals surface area (Å²) in [5.41, 5.74) is 6.09. The first-order valence-corrected chi connectivity index (χ1v) is 9.87. The van der Waals surface area contributed by atoms with E-state index >= 15 is 0 Å². The molecule has 6 nitrogen and oxygen atoms in total. The van der Waals surface area contributed by atoms with Crippen molar-refractivity contribution in [1.29, 1.82) is 0 Å². The predicted molar refractivity (Wildman–Crippen MR) is 110 cm³/mol. The van der Waals surface area contributed by atoms with Gasteiger partial charge in [-0.1, -0.05) is 48.5 Å². The van der Waals surface area contributed by atoms with Crippen LogP contribution in [0.2, 0.25) is 0 Å². The van der Waals surface area contributed by atoms with Crippen LogP contribution in [0.4, 0.5) is 0 Å². The lowest BCUT2D eigenvalue weighted by atomic mass is 10.2. The Bertz CT molecular complexity index is 942. The van der Waals surface area contributed by atoms with Gasteiger partial charge in [0.2, 0.25) is 0 Å². The summed E-state index contributed by atoms with van der Waals surface area (Å²) in [5, 5.41) is 5.24. The van der Waals surface area contributed by atoms with Crippen LogP contribution in [0.5, 0.6) is 0 Å². The molecule has 144 valence electrons. The molecule has 1 aromatic heterocycles. The van der Waals surface area contributed by atoms with Gasteiger partial charge in [0.05, 0.1) is 6.21 Å². The van der Waals surface area contributed by atoms with Crippen molar-refractivity contribution in [3.05, 3.63) is 71.9 Å². The molecule has 28 heavy (non-hydrogen) atoms. The van der Waals surface area contributed by atoms with Gasteiger partial charge in [-0.3, -0.25) is 4.79 Å². The number of carbonyl (C=O) groups is 1. The van der Waals surface area contributed by atoms with Crippen LogP contribution >= 0.6 is 0 Å². The zero-order valence-corrected chi connectivity index (χ0v) is 15.9. The van der Waals surface area contributed by atoms with Gasteiger partial charge in [-0.25, -0.2) is 5.43 Å². The fourth-order valence-corrected chi connectivity index (χ4v) is 3.84. The molecule has 0 saturated carbocycles. The van der Waals surface area contributed by atoms with Crippen LogP contribution in [0.1, 0.15) is 11.1 Å². The van der Waals surface area contributed by atoms with Crippen LogP contribution in [-0.2, 0) is 11.3 Å². The molecule has 0 aliphatic carbocycles. The Labute approximate surface area is 164 Å². The van der Waals surface area contributed by atoms with Gasteiger partial charge in [0.1, 0.15) is 32.7 Å². The second kappa shape index (κ2) is 8.82. The number of benzene rings is 2. The number of aromatic nitrogens is 1. The second-order valence-corrected chi connectivity index (χ2v) is 7.42. The lowest BCUT2D eigenvalue weighted by molar-refractivity contribution is -1.02. The summed E-state index contributed by atoms with van der Waals surface area (Å²) in [5.74, 6) is -0.0300. The van der Waals surface area contributed by atoms with Gasteiger partial charge in [0.15, 0.2) is 6.54 Å². The molecule has 0 atom stereocenters. The Balaban J connectivity index is 1.21. The summed E-state index contributed by atoms with van der Waals surface area (Å²) < 4.78 is 0. The van der Waals surface area contributed by atoms with Gasteiger partial charge in [0, 0.05) is 28.2 Å². The van der Waals surface area contributed by atoms with Crippen molar-refractivity contribution >= 4 is 23.0 Å². The van der Waals surface area contributed by atoms with E-state index in [1.165, 1.54) is 10.5 Å². The number of fused-ring (bicyclic) bond motifs is 1. The molecule has 4 N–H and O–H groups in total. The van der Waals surface area contributed by atoms with Crippen LogP contribution in [-0.4, -0.2) is 49.8 Å². The van der Waals surface area contributed by atoms with Crippen LogP contribution in [0, 0.1) is 0 Å². The summed E-state index contributed by atoms with van der Waals surface area (Å²) in [6, 6.07) is 18.7. The first-order chi connectivity index (χ1) is 13.8. The maximum atomic E-state index is 12.2. The highest BCUT2D eigenvalue weighted by Crippen LogP contribution is 2.15. The number of quaternary nitrogens is 2. The van der Waals surface area contributed by atoms with E-state index in [-0.39, 0.29) is 5.91 Å². The van der Waals surface area contributed by atoms with Crippen LogP contribution in [0.3, 0.4) is 0 Å². The zero-order chi connectivity index (χ0) is 19.2. The first kappa shape index (κ1) is 18.4. The Morgan fingerprint density at radius 3 is 2.54 bits per heavy atom. The SMILES string of the molecule is O=C(C[NH+]1CC[NH+](Cc2ccccc2)CC1)N/N=C/c1c[nH]c2ccccc12. The summed E-state index contributed by atoms with van der Waals surface area (Å²) in [4.78, 5) is 18.3. The normalized spacial score (nSPS) is 19.9. The fourth-order valence-electron chi connectivity index (χ4n) is 3.84. The number of para-hydroxylation sites is 1. The molecular formula is C22H27N5O+2. The molecule has 1 saturated heterocycles. The van der Waals surface area contributed by atoms with Gasteiger partial charge in [0.25, 0.3) is 5.91 Å². The van der Waals surface area contributed by atoms with E-state index < -0.39 is 0 Å². The Kier molecular flexibility index (Phi) is 5.80. The monoisotopic (exact) mass is 377 g/mol. The highest BCUT2D eigenvalue weighted by molar-refractivity contribution is 5.99. The topological polar surface area (TPSA) is 66.1 Å². The fraction of sp³-hybridized carbons (Fsp3) is 0.273. The molecule has 1 aliphatic heterocycles. The molecule has 2 heterocycles. The molecule has 1 aliphatic rings. The number of hydrogen-bond donors (Lipinski definition) is 4. The van der Waals surface area contributed by atoms with Gasteiger partial charge in [-0.2, -0.15) is 5.10 Å². The third-order valence-electron chi connectivity index (χ3n) is 5.39. The molecule has 0 spiro atoms. The Morgan fingerprint density at radius 2 is 1.71 bits per heavy atom. The molecule has 2 aromatic carbocycles. The minimum absolute atomic E-state index is 0.0300. The summed E-state index contributed by atoms with van der Waals surface area (Å²) in [7, 11) is 0. The molecule has 0 bridgehead atoms. The third-order valence-corrected chi connectivity index (χ3v) is 5.39. The lowest BCUT2D eigenvalue weighted by Crippen LogP contribution is -3.28. The number of H-pyrrole nitrogens is 1. The molecule has 0 unspecified atom stereocenters. The molecule has 1 fully saturated rings. The maximum Gasteiger partial charge on any atom is 0.295 e. The number of rotatable bonds is 6. The second-order valence-electron chi connectivity index (χ2n) is 7.42. The van der Waals surface area contributed by atoms with Gasteiger partial charge >= 0.3 is 0 Å². The molecule has 3 aromatic rings. The number of hydrogen-bond acceptors (Lipinski definition) is 2. The third kappa shape index (κ3) is 4.65. The van der Waals surface area contributed by atoms with Crippen molar-refractivity contribution < 1.29 is 14.6 Å². The van der Waals surface area contributed by atoms with Gasteiger partial charge in [-0.05, 0) is 6.07 Å². The molecular weight excluding hydrogens is 350 g/mol. The van der Waals surface area contributed by atoms with Crippen molar-refractivity contribution in [2.75, 3.05) is 32.7 Å². The average molecular weight is 377 g/mol. The number of piperazine rings is 1. The number of nitrogens with zero attached hydrogens (tertiary/aromatic N) is 1. The van der Waals surface area contributed by atoms with E-state index in [0.717, 1.165) is 49.2 Å². The van der Waals surface area contributed by atoms with E-state index in [4.69, 9.17) is 0 Å². The highest BCUT2D eigenvalue weighted by Gasteiger charge is 2.24. The van der Waals surface area contributed by atoms with Gasteiger partial charge in [-0.15, -0.1) is 0 Å². The van der Waals surface area contributed by atoms with Crippen molar-refractivity contribution in [1.82, 2.24) is 10.4 Å². The predicted octanol–water partition coefficient (Wildman–Crippen LogP) is -0.398. The smallest absolute Gasteiger partial charge is 0.295 e. The lowest BCUT2D eigenvalue weighted by Gasteiger charge is -2.29. The van der Waals surface area contributed by atoms with Crippen LogP contribution in [0.25, 0.3) is 10.9 Å². The number of carbonyl (C=O) groups excluding carboxylic acids is 1. The highest BCUT2D eigenvalue weighted by atomic mass is 16.2. The minimum Gasteiger partial charge on any atom is -0.361 e. The van der Waals surface area contributed by atoms with E-state index in [1.54, 1.807) is 11.1 Å². The molecule has 4 rings (SSSR count). The molecule has 6 heteroatoms. The summed E-state index contributed by atoms with van der Waals surface area (Å²) in [6.45, 7) is 5.76. The number of aromatic amines is 1. The van der Waals surface area contributed by atoms with Gasteiger partial charge < -0.3 is 14.8 Å². The summed E-state index contributed by atoms with van der Waals surface area (Å²) >= 11 is 0. The van der Waals surface area contributed by atoms with Crippen LogP contribution in [0.15, 0.2) is 65.9 Å². The van der Waals surface area contributed by atoms with Crippen molar-refractivity contribution in [3.63, 3.8) is 0 Å². The van der Waals surface area contributed by atoms with E-state index in [9.17, 15) is 4.79 Å². The number of amides is 1. The first-order valence-electron chi connectivity index (χ1n) is 9.87. The quantitative estimate of drug-likeness (QED) is 0.343. The van der Waals surface area contributed by atoms with E-state index in [0.29, 0.717) is 6.54 Å². The van der Waals surface area contributed by atoms with E-state index in [2.05, 4.69) is 45.8 Å². The van der Waals surface area contributed by atoms with Crippen LogP contribution < -0.4 is 15.2 Å². The summed E-state index contributed by atoms with van der Waals surface area (Å²) in [6.07, 6.45) is 3.61. The minimum atomic E-state index is -0.0300. The average Bonchev–Trinajstić information content (AvgIpc) is 3.14. The standard InChI is InChI=1S/C22H25N5O/c28-22(25-24-15-19-14-23-21-9-5-4-8-20(19)21)17-27-12-10-26(11-13-27)16-18-6-2-1-3-7-18/h1-9,14-15,23H,10-13,16-17H2,(H,25,28)/p+2/b24-15+. The molecule has 0 radical (unpaired) electrons. The maximum absolute atomic E-state index is 12.2. The largest absolute Gasteiger partial charge is 0.361 e.